The van der Waals surface area contributed by atoms with E-state index in [0.717, 1.165) is 38.7 Å². The van der Waals surface area contributed by atoms with Crippen molar-refractivity contribution >= 4 is 22.9 Å². The summed E-state index contributed by atoms with van der Waals surface area (Å²) in [7, 11) is 0. The highest BCUT2D eigenvalue weighted by molar-refractivity contribution is 5.92. The number of hydrogen-bond donors (Lipinski definition) is 2. The maximum atomic E-state index is 13.6. The van der Waals surface area contributed by atoms with Crippen LogP contribution >= 0.6 is 0 Å². The lowest BCUT2D eigenvalue weighted by Crippen LogP contribution is -2.28. The highest BCUT2D eigenvalue weighted by atomic mass is 16.3. The zero-order valence-corrected chi connectivity index (χ0v) is 22.8. The number of para-hydroxylation sites is 1. The molecule has 3 aromatic carbocycles. The molecule has 0 aliphatic heterocycles. The first-order chi connectivity index (χ1) is 17.4. The van der Waals surface area contributed by atoms with Crippen LogP contribution in [0.5, 0.6) is 5.75 Å². The molecule has 0 aliphatic carbocycles. The molecule has 192 valence electrons. The monoisotopic (exact) mass is 494 g/mol. The number of nitrogens with zero attached hydrogens (tertiary/aromatic N) is 1. The van der Waals surface area contributed by atoms with Gasteiger partial charge in [0.25, 0.3) is 0 Å². The third-order valence-electron chi connectivity index (χ3n) is 6.73. The van der Waals surface area contributed by atoms with E-state index in [9.17, 15) is 9.90 Å². The van der Waals surface area contributed by atoms with Gasteiger partial charge in [0.05, 0.1) is 0 Å². The Balaban J connectivity index is 1.68. The fraction of sp³-hybridized carbons (Fsp3) is 0.303. The van der Waals surface area contributed by atoms with Crippen molar-refractivity contribution in [1.82, 2.24) is 9.88 Å². The number of aromatic hydroxyl groups is 1. The average Bonchev–Trinajstić information content (AvgIpc) is 3.25. The first-order valence-corrected chi connectivity index (χ1v) is 12.9. The number of aromatic amines is 1. The molecule has 4 aromatic rings. The Morgan fingerprint density at radius 3 is 2.08 bits per heavy atom. The summed E-state index contributed by atoms with van der Waals surface area (Å²) in [6.45, 7) is 13.6. The Hall–Kier alpha value is -3.79. The predicted molar refractivity (Wildman–Crippen MR) is 154 cm³/mol. The Morgan fingerprint density at radius 2 is 1.46 bits per heavy atom. The summed E-state index contributed by atoms with van der Waals surface area (Å²) in [5, 5.41) is 12.2. The summed E-state index contributed by atoms with van der Waals surface area (Å²) < 4.78 is 0. The predicted octanol–water partition coefficient (Wildman–Crippen LogP) is 7.71. The number of carbonyl (C=O) groups is 1. The molecule has 0 atom stereocenters. The van der Waals surface area contributed by atoms with Crippen molar-refractivity contribution in [1.29, 1.82) is 0 Å². The van der Waals surface area contributed by atoms with E-state index in [1.165, 1.54) is 0 Å². The number of rotatable bonds is 6. The van der Waals surface area contributed by atoms with Crippen LogP contribution in [0.3, 0.4) is 0 Å². The molecule has 1 amide bonds. The normalized spacial score (nSPS) is 12.4. The van der Waals surface area contributed by atoms with Crippen LogP contribution < -0.4 is 0 Å². The van der Waals surface area contributed by atoms with E-state index in [4.69, 9.17) is 0 Å². The number of hydrogen-bond acceptors (Lipinski definition) is 2. The van der Waals surface area contributed by atoms with Crippen molar-refractivity contribution in [2.75, 3.05) is 0 Å². The molecule has 4 heteroatoms. The quantitative estimate of drug-likeness (QED) is 0.270. The van der Waals surface area contributed by atoms with Crippen molar-refractivity contribution in [3.05, 3.63) is 107 Å². The number of phenols is 1. The number of carbonyl (C=O) groups excluding carboxylic acids is 1. The zero-order valence-electron chi connectivity index (χ0n) is 22.8. The maximum Gasteiger partial charge on any atom is 0.247 e. The van der Waals surface area contributed by atoms with Gasteiger partial charge < -0.3 is 15.0 Å². The maximum absolute atomic E-state index is 13.6. The minimum absolute atomic E-state index is 0.0585. The lowest BCUT2D eigenvalue weighted by atomic mass is 9.78. The SMILES string of the molecule is CC(C)(C)c1cc(/C=C/C(=O)N(Cc2ccccc2)Cc2c[nH]c3ccccc23)cc(C(C)(C)C)c1O. The molecule has 0 spiro atoms. The topological polar surface area (TPSA) is 56.3 Å². The minimum atomic E-state index is -0.230. The highest BCUT2D eigenvalue weighted by Crippen LogP contribution is 2.40. The van der Waals surface area contributed by atoms with Gasteiger partial charge in [0.1, 0.15) is 5.75 Å². The Kier molecular flexibility index (Phi) is 7.31. The molecule has 2 N–H and O–H groups in total. The molecule has 4 rings (SSSR count). The van der Waals surface area contributed by atoms with Crippen molar-refractivity contribution in [2.45, 2.75) is 65.5 Å². The molecule has 0 bridgehead atoms. The van der Waals surface area contributed by atoms with Crippen molar-refractivity contribution in [2.24, 2.45) is 0 Å². The van der Waals surface area contributed by atoms with E-state index in [2.05, 4.69) is 52.6 Å². The van der Waals surface area contributed by atoms with E-state index in [0.29, 0.717) is 18.8 Å². The number of amides is 1. The van der Waals surface area contributed by atoms with Gasteiger partial charge in [-0.25, -0.2) is 0 Å². The minimum Gasteiger partial charge on any atom is -0.507 e. The molecule has 1 heterocycles. The average molecular weight is 495 g/mol. The molecule has 0 fully saturated rings. The van der Waals surface area contributed by atoms with Crippen LogP contribution in [0.1, 0.15) is 69.4 Å². The lowest BCUT2D eigenvalue weighted by molar-refractivity contribution is -0.127. The van der Waals surface area contributed by atoms with Crippen LogP contribution in [0.15, 0.2) is 79.0 Å². The van der Waals surface area contributed by atoms with Gasteiger partial charge in [0, 0.05) is 47.4 Å². The van der Waals surface area contributed by atoms with Crippen molar-refractivity contribution < 1.29 is 9.90 Å². The molecule has 1 aromatic heterocycles. The van der Waals surface area contributed by atoms with Gasteiger partial charge in [0.15, 0.2) is 0 Å². The molecule has 0 aliphatic rings. The van der Waals surface area contributed by atoms with E-state index < -0.39 is 0 Å². The number of H-pyrrole nitrogens is 1. The second-order valence-electron chi connectivity index (χ2n) is 11.8. The zero-order chi connectivity index (χ0) is 26.8. The summed E-state index contributed by atoms with van der Waals surface area (Å²) in [6, 6.07) is 22.2. The Morgan fingerprint density at radius 1 is 0.865 bits per heavy atom. The second-order valence-corrected chi connectivity index (χ2v) is 11.8. The molecular formula is C33H38N2O2. The number of nitrogens with one attached hydrogen (secondary N) is 1. The largest absolute Gasteiger partial charge is 0.507 e. The van der Waals surface area contributed by atoms with E-state index in [1.807, 2.05) is 77.8 Å². The second kappa shape index (κ2) is 10.3. The van der Waals surface area contributed by atoms with Gasteiger partial charge in [-0.05, 0) is 51.8 Å². The molecule has 0 saturated carbocycles. The van der Waals surface area contributed by atoms with Crippen LogP contribution in [-0.2, 0) is 28.7 Å². The van der Waals surface area contributed by atoms with E-state index in [-0.39, 0.29) is 16.7 Å². The standard InChI is InChI=1S/C33H38N2O2/c1-32(2,3)27-18-24(19-28(31(27)37)33(4,5)6)16-17-30(36)35(21-23-12-8-7-9-13-23)22-25-20-34-29-15-11-10-14-26(25)29/h7-20,34,37H,21-22H2,1-6H3/b17-16+. The fourth-order valence-corrected chi connectivity index (χ4v) is 4.65. The van der Waals surface area contributed by atoms with E-state index in [1.54, 1.807) is 6.08 Å². The Bertz CT molecular complexity index is 1380. The first-order valence-electron chi connectivity index (χ1n) is 12.9. The molecule has 0 radical (unpaired) electrons. The van der Waals surface area contributed by atoms with Crippen molar-refractivity contribution in [3.8, 4) is 5.75 Å². The number of fused-ring (bicyclic) bond motifs is 1. The summed E-state index contributed by atoms with van der Waals surface area (Å²) in [6.07, 6.45) is 5.52. The van der Waals surface area contributed by atoms with E-state index >= 15 is 0 Å². The molecule has 4 nitrogen and oxygen atoms in total. The smallest absolute Gasteiger partial charge is 0.247 e. The molecule has 0 saturated heterocycles. The summed E-state index contributed by atoms with van der Waals surface area (Å²) in [5.74, 6) is 0.283. The number of phenolic OH excluding ortho intramolecular Hbond substituents is 1. The van der Waals surface area contributed by atoms with Crippen molar-refractivity contribution in [3.63, 3.8) is 0 Å². The summed E-state index contributed by atoms with van der Waals surface area (Å²) >= 11 is 0. The van der Waals surface area contributed by atoms with Crippen LogP contribution in [0.4, 0.5) is 0 Å². The summed E-state index contributed by atoms with van der Waals surface area (Å²) in [5.41, 5.74) is 5.45. The number of aromatic nitrogens is 1. The van der Waals surface area contributed by atoms with Crippen LogP contribution in [0.2, 0.25) is 0 Å². The number of benzene rings is 3. The molecular weight excluding hydrogens is 456 g/mol. The third kappa shape index (κ3) is 6.14. The Labute approximate surface area is 220 Å². The van der Waals surface area contributed by atoms with Crippen LogP contribution in [0.25, 0.3) is 17.0 Å². The van der Waals surface area contributed by atoms with Gasteiger partial charge in [-0.15, -0.1) is 0 Å². The van der Waals surface area contributed by atoms with Gasteiger partial charge >= 0.3 is 0 Å². The molecule has 0 unspecified atom stereocenters. The van der Waals surface area contributed by atoms with Gasteiger partial charge in [0.2, 0.25) is 5.91 Å². The third-order valence-corrected chi connectivity index (χ3v) is 6.73. The van der Waals surface area contributed by atoms with Gasteiger partial charge in [-0.3, -0.25) is 4.79 Å². The lowest BCUT2D eigenvalue weighted by Gasteiger charge is -2.28. The highest BCUT2D eigenvalue weighted by Gasteiger charge is 2.26. The fourth-order valence-electron chi connectivity index (χ4n) is 4.65. The van der Waals surface area contributed by atoms with Gasteiger partial charge in [-0.2, -0.15) is 0 Å². The molecule has 37 heavy (non-hydrogen) atoms. The first kappa shape index (κ1) is 26.3. The van der Waals surface area contributed by atoms with Crippen LogP contribution in [0, 0.1) is 0 Å². The summed E-state index contributed by atoms with van der Waals surface area (Å²) in [4.78, 5) is 18.8. The van der Waals surface area contributed by atoms with Crippen LogP contribution in [-0.4, -0.2) is 20.9 Å². The van der Waals surface area contributed by atoms with Gasteiger partial charge in [-0.1, -0.05) is 90.1 Å².